The first-order chi connectivity index (χ1) is 11.5. The van der Waals surface area contributed by atoms with Crippen molar-refractivity contribution in [2.75, 3.05) is 24.1 Å². The summed E-state index contributed by atoms with van der Waals surface area (Å²) in [7, 11) is 0. The molecule has 1 fully saturated rings. The minimum Gasteiger partial charge on any atom is -0.444 e. The Kier molecular flexibility index (Phi) is 5.28. The number of hydrogen-bond donors (Lipinski definition) is 2. The van der Waals surface area contributed by atoms with E-state index in [2.05, 4.69) is 15.3 Å². The molecule has 0 aliphatic carbocycles. The average molecular weight is 361 g/mol. The minimum absolute atomic E-state index is 0.218. The van der Waals surface area contributed by atoms with Crippen LogP contribution in [0.25, 0.3) is 0 Å². The van der Waals surface area contributed by atoms with Crippen molar-refractivity contribution in [3.8, 4) is 0 Å². The zero-order chi connectivity index (χ0) is 18.8. The van der Waals surface area contributed by atoms with Crippen molar-refractivity contribution in [2.24, 2.45) is 0 Å². The summed E-state index contributed by atoms with van der Waals surface area (Å²) in [6, 6.07) is -0.392. The highest BCUT2D eigenvalue weighted by atomic mass is 19.4. The topological polar surface area (TPSA) is 93.4 Å². The summed E-state index contributed by atoms with van der Waals surface area (Å²) >= 11 is 0. The number of nitrogens with two attached hydrogens (primary N) is 1. The third kappa shape index (κ3) is 5.36. The van der Waals surface area contributed by atoms with Gasteiger partial charge in [-0.3, -0.25) is 0 Å². The monoisotopic (exact) mass is 361 g/mol. The number of carbonyl (C=O) groups excluding carboxylic acids is 1. The maximum atomic E-state index is 13.1. The van der Waals surface area contributed by atoms with Crippen LogP contribution in [0.4, 0.5) is 29.7 Å². The molecule has 140 valence electrons. The van der Waals surface area contributed by atoms with Gasteiger partial charge in [0.1, 0.15) is 17.0 Å². The number of nitrogen functional groups attached to an aromatic ring is 1. The highest BCUT2D eigenvalue weighted by Gasteiger charge is 2.36. The molecule has 1 saturated heterocycles. The van der Waals surface area contributed by atoms with Gasteiger partial charge in [-0.25, -0.2) is 9.78 Å². The van der Waals surface area contributed by atoms with E-state index >= 15 is 0 Å². The molecular weight excluding hydrogens is 339 g/mol. The number of aromatic nitrogens is 2. The van der Waals surface area contributed by atoms with Crippen LogP contribution in [0.5, 0.6) is 0 Å². The standard InChI is InChI=1S/C15H22F3N5O2/c1-14(2,3)25-13(24)23-6-4-5-9(8-23)21-11-10(15(16,17)18)7-20-12(19)22-11/h7,9H,4-6,8H2,1-3H3,(H3,19,20,21,22)/t9-/m0/s1. The number of nitrogens with zero attached hydrogens (tertiary/aromatic N) is 3. The van der Waals surface area contributed by atoms with Crippen LogP contribution < -0.4 is 11.1 Å². The lowest BCUT2D eigenvalue weighted by molar-refractivity contribution is -0.137. The van der Waals surface area contributed by atoms with Gasteiger partial charge in [0.25, 0.3) is 0 Å². The molecule has 2 heterocycles. The Morgan fingerprint density at radius 3 is 2.68 bits per heavy atom. The number of ether oxygens (including phenoxy) is 1. The van der Waals surface area contributed by atoms with E-state index < -0.39 is 29.5 Å². The first-order valence-corrected chi connectivity index (χ1v) is 7.90. The Hall–Kier alpha value is -2.26. The number of alkyl halides is 3. The molecule has 7 nitrogen and oxygen atoms in total. The fourth-order valence-corrected chi connectivity index (χ4v) is 2.49. The van der Waals surface area contributed by atoms with Crippen LogP contribution in [-0.4, -0.2) is 45.7 Å². The SMILES string of the molecule is CC(C)(C)OC(=O)N1CCC[C@H](Nc2nc(N)ncc2C(F)(F)F)C1. The van der Waals surface area contributed by atoms with Crippen molar-refractivity contribution in [3.63, 3.8) is 0 Å². The molecule has 1 aromatic heterocycles. The smallest absolute Gasteiger partial charge is 0.421 e. The second kappa shape index (κ2) is 6.93. The van der Waals surface area contributed by atoms with Gasteiger partial charge in [-0.1, -0.05) is 0 Å². The van der Waals surface area contributed by atoms with Crippen LogP contribution in [-0.2, 0) is 10.9 Å². The van der Waals surface area contributed by atoms with Crippen molar-refractivity contribution in [2.45, 2.75) is 51.4 Å². The normalized spacial score (nSPS) is 18.8. The fraction of sp³-hybridized carbons (Fsp3) is 0.667. The van der Waals surface area contributed by atoms with Gasteiger partial charge in [-0.2, -0.15) is 18.2 Å². The van der Waals surface area contributed by atoms with Gasteiger partial charge in [0.2, 0.25) is 5.95 Å². The number of anilines is 2. The summed E-state index contributed by atoms with van der Waals surface area (Å²) in [6.07, 6.45) is -3.20. The summed E-state index contributed by atoms with van der Waals surface area (Å²) in [5.41, 5.74) is 3.78. The third-order valence-corrected chi connectivity index (χ3v) is 3.53. The second-order valence-corrected chi connectivity index (χ2v) is 6.90. The molecule has 25 heavy (non-hydrogen) atoms. The van der Waals surface area contributed by atoms with Crippen molar-refractivity contribution < 1.29 is 22.7 Å². The van der Waals surface area contributed by atoms with E-state index in [1.54, 1.807) is 20.8 Å². The summed E-state index contributed by atoms with van der Waals surface area (Å²) in [6.45, 7) is 5.97. The van der Waals surface area contributed by atoms with E-state index in [1.165, 1.54) is 4.90 Å². The molecule has 2 rings (SSSR count). The van der Waals surface area contributed by atoms with Crippen LogP contribution in [0, 0.1) is 0 Å². The highest BCUT2D eigenvalue weighted by molar-refractivity contribution is 5.68. The number of rotatable bonds is 2. The first-order valence-electron chi connectivity index (χ1n) is 7.90. The zero-order valence-corrected chi connectivity index (χ0v) is 14.4. The van der Waals surface area contributed by atoms with E-state index in [9.17, 15) is 18.0 Å². The fourth-order valence-electron chi connectivity index (χ4n) is 2.49. The van der Waals surface area contributed by atoms with Gasteiger partial charge in [0.05, 0.1) is 0 Å². The summed E-state index contributed by atoms with van der Waals surface area (Å²) in [5, 5.41) is 2.74. The minimum atomic E-state index is -4.60. The van der Waals surface area contributed by atoms with Gasteiger partial charge in [-0.05, 0) is 33.6 Å². The third-order valence-electron chi connectivity index (χ3n) is 3.53. The first kappa shape index (κ1) is 19.1. The average Bonchev–Trinajstić information content (AvgIpc) is 2.44. The maximum absolute atomic E-state index is 13.1. The molecule has 0 spiro atoms. The molecule has 0 bridgehead atoms. The quantitative estimate of drug-likeness (QED) is 0.841. The highest BCUT2D eigenvalue weighted by Crippen LogP contribution is 2.34. The Morgan fingerprint density at radius 2 is 2.08 bits per heavy atom. The molecule has 1 aromatic rings. The largest absolute Gasteiger partial charge is 0.444 e. The molecule has 0 saturated carbocycles. The van der Waals surface area contributed by atoms with Crippen molar-refractivity contribution >= 4 is 17.9 Å². The van der Waals surface area contributed by atoms with E-state index in [4.69, 9.17) is 10.5 Å². The Labute approximate surface area is 143 Å². The molecule has 1 aliphatic heterocycles. The number of amides is 1. The summed E-state index contributed by atoms with van der Waals surface area (Å²) < 4.78 is 44.5. The Bertz CT molecular complexity index is 631. The van der Waals surface area contributed by atoms with Gasteiger partial charge in [0.15, 0.2) is 0 Å². The lowest BCUT2D eigenvalue weighted by atomic mass is 10.1. The summed E-state index contributed by atoms with van der Waals surface area (Å²) in [5.74, 6) is -0.633. The van der Waals surface area contributed by atoms with Crippen LogP contribution in [0.3, 0.4) is 0 Å². The van der Waals surface area contributed by atoms with Crippen LogP contribution >= 0.6 is 0 Å². The number of nitrogens with one attached hydrogen (secondary N) is 1. The number of carbonyl (C=O) groups is 1. The molecule has 1 aliphatic rings. The Balaban J connectivity index is 2.11. The summed E-state index contributed by atoms with van der Waals surface area (Å²) in [4.78, 5) is 20.7. The lowest BCUT2D eigenvalue weighted by Crippen LogP contribution is -2.47. The molecular formula is C15H22F3N5O2. The Morgan fingerprint density at radius 1 is 1.40 bits per heavy atom. The van der Waals surface area contributed by atoms with Crippen molar-refractivity contribution in [3.05, 3.63) is 11.8 Å². The van der Waals surface area contributed by atoms with Gasteiger partial charge < -0.3 is 20.7 Å². The zero-order valence-electron chi connectivity index (χ0n) is 14.4. The number of likely N-dealkylation sites (tertiary alicyclic amines) is 1. The van der Waals surface area contributed by atoms with E-state index in [1.807, 2.05) is 0 Å². The molecule has 0 unspecified atom stereocenters. The van der Waals surface area contributed by atoms with Crippen LogP contribution in [0.1, 0.15) is 39.2 Å². The lowest BCUT2D eigenvalue weighted by Gasteiger charge is -2.34. The van der Waals surface area contributed by atoms with Crippen molar-refractivity contribution in [1.29, 1.82) is 0 Å². The molecule has 3 N–H and O–H groups in total. The molecule has 1 atom stereocenters. The van der Waals surface area contributed by atoms with Gasteiger partial charge >= 0.3 is 12.3 Å². The van der Waals surface area contributed by atoms with Crippen LogP contribution in [0.15, 0.2) is 6.20 Å². The van der Waals surface area contributed by atoms with E-state index in [0.717, 1.165) is 0 Å². The molecule has 10 heteroatoms. The maximum Gasteiger partial charge on any atom is 0.421 e. The molecule has 0 aromatic carbocycles. The predicted molar refractivity (Wildman–Crippen MR) is 85.9 cm³/mol. The second-order valence-electron chi connectivity index (χ2n) is 6.90. The number of hydrogen-bond acceptors (Lipinski definition) is 6. The predicted octanol–water partition coefficient (Wildman–Crippen LogP) is 2.89. The number of piperidine rings is 1. The van der Waals surface area contributed by atoms with Gasteiger partial charge in [-0.15, -0.1) is 0 Å². The van der Waals surface area contributed by atoms with E-state index in [-0.39, 0.29) is 18.3 Å². The van der Waals surface area contributed by atoms with Crippen molar-refractivity contribution in [1.82, 2.24) is 14.9 Å². The van der Waals surface area contributed by atoms with Gasteiger partial charge in [0, 0.05) is 25.3 Å². The van der Waals surface area contributed by atoms with Crippen LogP contribution in [0.2, 0.25) is 0 Å². The van der Waals surface area contributed by atoms with E-state index in [0.29, 0.717) is 25.6 Å². The molecule has 1 amide bonds. The number of halogens is 3. The molecule has 0 radical (unpaired) electrons.